The summed E-state index contributed by atoms with van der Waals surface area (Å²) in [5.74, 6) is -2.27. The van der Waals surface area contributed by atoms with E-state index in [-0.39, 0.29) is 17.8 Å². The van der Waals surface area contributed by atoms with Gasteiger partial charge in [0, 0.05) is 30.8 Å². The maximum atomic E-state index is 13.5. The number of rotatable bonds is 4. The van der Waals surface area contributed by atoms with Crippen LogP contribution in [0.25, 0.3) is 0 Å². The van der Waals surface area contributed by atoms with Crippen molar-refractivity contribution in [3.63, 3.8) is 0 Å². The van der Waals surface area contributed by atoms with Crippen LogP contribution in [0.5, 0.6) is 0 Å². The maximum Gasteiger partial charge on any atom is 0.221 e. The molecule has 0 saturated heterocycles. The SMILES string of the molecule is CC(=O)Nc1cc(NCc2ccc(F)cc2F)ccc1F. The van der Waals surface area contributed by atoms with E-state index in [0.717, 1.165) is 12.1 Å². The second-order valence-electron chi connectivity index (χ2n) is 4.47. The molecule has 6 heteroatoms. The Labute approximate surface area is 119 Å². The summed E-state index contributed by atoms with van der Waals surface area (Å²) in [7, 11) is 0. The van der Waals surface area contributed by atoms with Crippen molar-refractivity contribution in [2.75, 3.05) is 10.6 Å². The lowest BCUT2D eigenvalue weighted by molar-refractivity contribution is -0.114. The van der Waals surface area contributed by atoms with Gasteiger partial charge in [-0.15, -0.1) is 0 Å². The van der Waals surface area contributed by atoms with Gasteiger partial charge in [-0.3, -0.25) is 4.79 Å². The van der Waals surface area contributed by atoms with Gasteiger partial charge in [0.1, 0.15) is 17.5 Å². The zero-order valence-corrected chi connectivity index (χ0v) is 11.2. The average molecular weight is 294 g/mol. The number of amides is 1. The molecule has 0 fully saturated rings. The molecule has 0 aliphatic rings. The van der Waals surface area contributed by atoms with Crippen LogP contribution in [-0.4, -0.2) is 5.91 Å². The summed E-state index contributed by atoms with van der Waals surface area (Å²) in [5, 5.41) is 5.23. The molecule has 2 aromatic rings. The fraction of sp³-hybridized carbons (Fsp3) is 0.133. The molecule has 3 nitrogen and oxygen atoms in total. The molecular weight excluding hydrogens is 281 g/mol. The molecule has 2 aromatic carbocycles. The minimum absolute atomic E-state index is 0.0343. The van der Waals surface area contributed by atoms with Crippen molar-refractivity contribution >= 4 is 17.3 Å². The van der Waals surface area contributed by atoms with Crippen LogP contribution in [0, 0.1) is 17.5 Å². The maximum absolute atomic E-state index is 13.5. The summed E-state index contributed by atoms with van der Waals surface area (Å²) in [6, 6.07) is 7.34. The van der Waals surface area contributed by atoms with Gasteiger partial charge in [0.05, 0.1) is 5.69 Å². The van der Waals surface area contributed by atoms with Gasteiger partial charge in [0.25, 0.3) is 0 Å². The molecule has 2 rings (SSSR count). The topological polar surface area (TPSA) is 41.1 Å². The second-order valence-corrected chi connectivity index (χ2v) is 4.47. The van der Waals surface area contributed by atoms with Gasteiger partial charge in [-0.2, -0.15) is 0 Å². The van der Waals surface area contributed by atoms with Crippen LogP contribution in [-0.2, 0) is 11.3 Å². The fourth-order valence-electron chi connectivity index (χ4n) is 1.78. The van der Waals surface area contributed by atoms with Crippen LogP contribution < -0.4 is 10.6 Å². The van der Waals surface area contributed by atoms with Gasteiger partial charge in [0.2, 0.25) is 5.91 Å². The van der Waals surface area contributed by atoms with Crippen molar-refractivity contribution < 1.29 is 18.0 Å². The van der Waals surface area contributed by atoms with Crippen molar-refractivity contribution in [2.45, 2.75) is 13.5 Å². The number of anilines is 2. The molecule has 0 atom stereocenters. The first kappa shape index (κ1) is 14.9. The molecule has 0 heterocycles. The average Bonchev–Trinajstić information content (AvgIpc) is 2.40. The predicted molar refractivity (Wildman–Crippen MR) is 74.4 cm³/mol. The van der Waals surface area contributed by atoms with Crippen molar-refractivity contribution in [2.24, 2.45) is 0 Å². The number of hydrogen-bond donors (Lipinski definition) is 2. The van der Waals surface area contributed by atoms with Crippen molar-refractivity contribution in [1.29, 1.82) is 0 Å². The van der Waals surface area contributed by atoms with E-state index in [9.17, 15) is 18.0 Å². The van der Waals surface area contributed by atoms with E-state index in [4.69, 9.17) is 0 Å². The highest BCUT2D eigenvalue weighted by atomic mass is 19.1. The van der Waals surface area contributed by atoms with E-state index in [2.05, 4.69) is 10.6 Å². The van der Waals surface area contributed by atoms with Gasteiger partial charge < -0.3 is 10.6 Å². The third-order valence-electron chi connectivity index (χ3n) is 2.78. The van der Waals surface area contributed by atoms with Gasteiger partial charge >= 0.3 is 0 Å². The molecule has 0 saturated carbocycles. The Morgan fingerprint density at radius 2 is 1.81 bits per heavy atom. The van der Waals surface area contributed by atoms with E-state index in [1.165, 1.54) is 31.2 Å². The monoisotopic (exact) mass is 294 g/mol. The second kappa shape index (κ2) is 6.30. The molecule has 0 bridgehead atoms. The number of carbonyl (C=O) groups excluding carboxylic acids is 1. The minimum atomic E-state index is -0.660. The smallest absolute Gasteiger partial charge is 0.221 e. The molecule has 0 radical (unpaired) electrons. The van der Waals surface area contributed by atoms with E-state index in [1.54, 1.807) is 0 Å². The summed E-state index contributed by atoms with van der Waals surface area (Å²) in [6.07, 6.45) is 0. The van der Waals surface area contributed by atoms with E-state index in [0.29, 0.717) is 5.69 Å². The zero-order chi connectivity index (χ0) is 15.4. The zero-order valence-electron chi connectivity index (χ0n) is 11.2. The van der Waals surface area contributed by atoms with Crippen LogP contribution in [0.1, 0.15) is 12.5 Å². The molecule has 110 valence electrons. The number of nitrogens with one attached hydrogen (secondary N) is 2. The Bertz CT molecular complexity index is 674. The van der Waals surface area contributed by atoms with Crippen LogP contribution >= 0.6 is 0 Å². The predicted octanol–water partition coefficient (Wildman–Crippen LogP) is 3.67. The Morgan fingerprint density at radius 1 is 1.05 bits per heavy atom. The van der Waals surface area contributed by atoms with Gasteiger partial charge in [-0.25, -0.2) is 13.2 Å². The molecule has 0 unspecified atom stereocenters. The summed E-state index contributed by atoms with van der Waals surface area (Å²) in [6.45, 7) is 1.38. The summed E-state index contributed by atoms with van der Waals surface area (Å²) in [4.78, 5) is 10.9. The van der Waals surface area contributed by atoms with Crippen molar-refractivity contribution in [1.82, 2.24) is 0 Å². The Kier molecular flexibility index (Phi) is 4.47. The van der Waals surface area contributed by atoms with Crippen LogP contribution in [0.4, 0.5) is 24.5 Å². The molecule has 21 heavy (non-hydrogen) atoms. The third kappa shape index (κ3) is 3.98. The first-order chi connectivity index (χ1) is 9.95. The first-order valence-corrected chi connectivity index (χ1v) is 6.20. The standard InChI is InChI=1S/C15H13F3N2O/c1-9(21)20-15-7-12(4-5-13(15)17)19-8-10-2-3-11(16)6-14(10)18/h2-7,19H,8H2,1H3,(H,20,21). The largest absolute Gasteiger partial charge is 0.381 e. The lowest BCUT2D eigenvalue weighted by Crippen LogP contribution is -2.08. The molecule has 2 N–H and O–H groups in total. The van der Waals surface area contributed by atoms with Crippen molar-refractivity contribution in [3.8, 4) is 0 Å². The molecule has 0 spiro atoms. The lowest BCUT2D eigenvalue weighted by atomic mass is 10.2. The van der Waals surface area contributed by atoms with Crippen molar-refractivity contribution in [3.05, 3.63) is 59.4 Å². The van der Waals surface area contributed by atoms with Gasteiger partial charge in [-0.1, -0.05) is 6.07 Å². The molecule has 0 aliphatic carbocycles. The first-order valence-electron chi connectivity index (χ1n) is 6.20. The van der Waals surface area contributed by atoms with Crippen LogP contribution in [0.2, 0.25) is 0 Å². The van der Waals surface area contributed by atoms with E-state index in [1.807, 2.05) is 0 Å². The molecule has 0 aliphatic heterocycles. The minimum Gasteiger partial charge on any atom is -0.381 e. The summed E-state index contributed by atoms with van der Waals surface area (Å²) < 4.78 is 39.7. The van der Waals surface area contributed by atoms with Crippen LogP contribution in [0.3, 0.4) is 0 Å². The van der Waals surface area contributed by atoms with Gasteiger partial charge in [-0.05, 0) is 24.3 Å². The van der Waals surface area contributed by atoms with Crippen LogP contribution in [0.15, 0.2) is 36.4 Å². The Hall–Kier alpha value is -2.50. The van der Waals surface area contributed by atoms with E-state index < -0.39 is 23.4 Å². The molecule has 1 amide bonds. The number of halogens is 3. The highest BCUT2D eigenvalue weighted by Crippen LogP contribution is 2.20. The Morgan fingerprint density at radius 3 is 2.48 bits per heavy atom. The lowest BCUT2D eigenvalue weighted by Gasteiger charge is -2.10. The number of benzene rings is 2. The molecular formula is C15H13F3N2O. The highest BCUT2D eigenvalue weighted by molar-refractivity contribution is 5.89. The quantitative estimate of drug-likeness (QED) is 0.903. The summed E-state index contributed by atoms with van der Waals surface area (Å²) in [5.41, 5.74) is 0.817. The Balaban J connectivity index is 2.11. The molecule has 0 aromatic heterocycles. The highest BCUT2D eigenvalue weighted by Gasteiger charge is 2.07. The van der Waals surface area contributed by atoms with E-state index >= 15 is 0 Å². The fourth-order valence-corrected chi connectivity index (χ4v) is 1.78. The normalized spacial score (nSPS) is 10.3. The number of hydrogen-bond acceptors (Lipinski definition) is 2. The third-order valence-corrected chi connectivity index (χ3v) is 2.78. The van der Waals surface area contributed by atoms with Gasteiger partial charge in [0.15, 0.2) is 0 Å². The summed E-state index contributed by atoms with van der Waals surface area (Å²) >= 11 is 0. The number of carbonyl (C=O) groups is 1.